The highest BCUT2D eigenvalue weighted by Gasteiger charge is 2.39. The number of amides is 1. The number of methoxy groups -OCH3 is 1. The van der Waals surface area contributed by atoms with Crippen LogP contribution < -0.4 is 20.2 Å². The summed E-state index contributed by atoms with van der Waals surface area (Å²) in [5.41, 5.74) is -0.612. The van der Waals surface area contributed by atoms with Gasteiger partial charge in [-0.1, -0.05) is 42.5 Å². The molecule has 3 aromatic carbocycles. The number of hydrogen-bond acceptors (Lipinski definition) is 5. The SMILES string of the molecule is COc1ccc(-c2c(C(F)(F)F)oc3cc(OCC(=O)NCCc4ccccc4)ccc3c2=O)cc1. The number of hydrogen-bond donors (Lipinski definition) is 1. The predicted molar refractivity (Wildman–Crippen MR) is 128 cm³/mol. The second-order valence-corrected chi connectivity index (χ2v) is 7.89. The van der Waals surface area contributed by atoms with Gasteiger partial charge in [-0.25, -0.2) is 0 Å². The van der Waals surface area contributed by atoms with Gasteiger partial charge in [0.2, 0.25) is 11.2 Å². The topological polar surface area (TPSA) is 77.8 Å². The van der Waals surface area contributed by atoms with Gasteiger partial charge in [0.15, 0.2) is 6.61 Å². The van der Waals surface area contributed by atoms with Crippen LogP contribution in [0.1, 0.15) is 11.3 Å². The molecule has 9 heteroatoms. The summed E-state index contributed by atoms with van der Waals surface area (Å²) < 4.78 is 57.1. The summed E-state index contributed by atoms with van der Waals surface area (Å²) in [4.78, 5) is 25.2. The molecule has 0 spiro atoms. The van der Waals surface area contributed by atoms with E-state index in [1.54, 1.807) is 0 Å². The van der Waals surface area contributed by atoms with E-state index in [0.29, 0.717) is 18.7 Å². The van der Waals surface area contributed by atoms with E-state index < -0.39 is 28.8 Å². The van der Waals surface area contributed by atoms with Crippen LogP contribution in [-0.2, 0) is 17.4 Å². The van der Waals surface area contributed by atoms with Crippen molar-refractivity contribution in [3.8, 4) is 22.6 Å². The number of halogens is 3. The molecule has 1 amide bonds. The van der Waals surface area contributed by atoms with Crippen molar-refractivity contribution in [1.82, 2.24) is 5.32 Å². The van der Waals surface area contributed by atoms with Crippen molar-refractivity contribution in [2.24, 2.45) is 0 Å². The Morgan fingerprint density at radius 1 is 0.972 bits per heavy atom. The van der Waals surface area contributed by atoms with Crippen LogP contribution in [0.2, 0.25) is 0 Å². The zero-order chi connectivity index (χ0) is 25.7. The number of ether oxygens (including phenoxy) is 2. The summed E-state index contributed by atoms with van der Waals surface area (Å²) in [7, 11) is 1.43. The Kier molecular flexibility index (Phi) is 7.28. The van der Waals surface area contributed by atoms with Crippen LogP contribution in [0.5, 0.6) is 11.5 Å². The second-order valence-electron chi connectivity index (χ2n) is 7.89. The van der Waals surface area contributed by atoms with Crippen LogP contribution in [0.15, 0.2) is 82.0 Å². The molecule has 0 saturated carbocycles. The number of benzene rings is 3. The molecule has 0 unspecified atom stereocenters. The van der Waals surface area contributed by atoms with Crippen molar-refractivity contribution < 1.29 is 31.9 Å². The molecule has 0 saturated heterocycles. The number of alkyl halides is 3. The van der Waals surface area contributed by atoms with Crippen molar-refractivity contribution in [2.45, 2.75) is 12.6 Å². The molecular formula is C27H22F3NO5. The second kappa shape index (κ2) is 10.6. The maximum atomic E-state index is 13.8. The molecule has 0 aliphatic rings. The zero-order valence-corrected chi connectivity index (χ0v) is 19.2. The van der Waals surface area contributed by atoms with Gasteiger partial charge in [0, 0.05) is 12.6 Å². The molecule has 36 heavy (non-hydrogen) atoms. The van der Waals surface area contributed by atoms with Gasteiger partial charge in [-0.15, -0.1) is 0 Å². The Morgan fingerprint density at radius 2 is 1.67 bits per heavy atom. The Morgan fingerprint density at radius 3 is 2.33 bits per heavy atom. The molecule has 1 aromatic heterocycles. The van der Waals surface area contributed by atoms with Crippen molar-refractivity contribution in [3.63, 3.8) is 0 Å². The van der Waals surface area contributed by atoms with Gasteiger partial charge in [0.1, 0.15) is 17.1 Å². The van der Waals surface area contributed by atoms with E-state index in [2.05, 4.69) is 5.32 Å². The van der Waals surface area contributed by atoms with Crippen LogP contribution in [0, 0.1) is 0 Å². The lowest BCUT2D eigenvalue weighted by Crippen LogP contribution is -2.30. The first kappa shape index (κ1) is 24.8. The van der Waals surface area contributed by atoms with E-state index in [0.717, 1.165) is 5.56 Å². The Balaban J connectivity index is 1.54. The molecule has 1 N–H and O–H groups in total. The highest BCUT2D eigenvalue weighted by molar-refractivity contribution is 5.84. The van der Waals surface area contributed by atoms with Crippen LogP contribution in [-0.4, -0.2) is 26.2 Å². The van der Waals surface area contributed by atoms with Gasteiger partial charge in [0.25, 0.3) is 5.91 Å². The fourth-order valence-corrected chi connectivity index (χ4v) is 3.67. The lowest BCUT2D eigenvalue weighted by atomic mass is 10.0. The Labute approximate surface area is 204 Å². The highest BCUT2D eigenvalue weighted by Crippen LogP contribution is 2.38. The van der Waals surface area contributed by atoms with E-state index in [9.17, 15) is 22.8 Å². The first-order valence-corrected chi connectivity index (χ1v) is 11.0. The minimum Gasteiger partial charge on any atom is -0.497 e. The van der Waals surface area contributed by atoms with E-state index in [1.165, 1.54) is 49.6 Å². The summed E-state index contributed by atoms with van der Waals surface area (Å²) in [5.74, 6) is -1.28. The summed E-state index contributed by atoms with van der Waals surface area (Å²) in [5, 5.41) is 2.67. The monoisotopic (exact) mass is 497 g/mol. The molecule has 0 aliphatic heterocycles. The fourth-order valence-electron chi connectivity index (χ4n) is 3.67. The van der Waals surface area contributed by atoms with Crippen LogP contribution in [0.4, 0.5) is 13.2 Å². The molecule has 0 bridgehead atoms. The maximum Gasteiger partial charge on any atom is 0.450 e. The molecule has 186 valence electrons. The third kappa shape index (κ3) is 5.68. The minimum atomic E-state index is -4.92. The van der Waals surface area contributed by atoms with E-state index in [-0.39, 0.29) is 28.9 Å². The Hall–Kier alpha value is -4.27. The van der Waals surface area contributed by atoms with Crippen molar-refractivity contribution >= 4 is 16.9 Å². The molecule has 1 heterocycles. The Bertz CT molecular complexity index is 1410. The van der Waals surface area contributed by atoms with E-state index in [4.69, 9.17) is 13.9 Å². The largest absolute Gasteiger partial charge is 0.497 e. The van der Waals surface area contributed by atoms with Gasteiger partial charge in [0.05, 0.1) is 18.1 Å². The standard InChI is InChI=1S/C27H22F3NO5/c1-34-19-9-7-18(8-10-19)24-25(33)21-12-11-20(15-22(21)36-26(24)27(28,29)30)35-16-23(32)31-14-13-17-5-3-2-4-6-17/h2-12,15H,13-14,16H2,1H3,(H,31,32). The normalized spacial score (nSPS) is 11.3. The summed E-state index contributed by atoms with van der Waals surface area (Å²) in [6.45, 7) is 0.0580. The van der Waals surface area contributed by atoms with Gasteiger partial charge < -0.3 is 19.2 Å². The third-order valence-corrected chi connectivity index (χ3v) is 5.45. The number of carbonyl (C=O) groups is 1. The molecule has 6 nitrogen and oxygen atoms in total. The highest BCUT2D eigenvalue weighted by atomic mass is 19.4. The van der Waals surface area contributed by atoms with Gasteiger partial charge in [-0.2, -0.15) is 13.2 Å². The summed E-state index contributed by atoms with van der Waals surface area (Å²) in [6.07, 6.45) is -4.28. The average Bonchev–Trinajstić information content (AvgIpc) is 2.87. The lowest BCUT2D eigenvalue weighted by molar-refractivity contribution is -0.152. The molecular weight excluding hydrogens is 475 g/mol. The first-order valence-electron chi connectivity index (χ1n) is 11.0. The van der Waals surface area contributed by atoms with Crippen LogP contribution in [0.25, 0.3) is 22.1 Å². The molecule has 4 rings (SSSR count). The quantitative estimate of drug-likeness (QED) is 0.361. The van der Waals surface area contributed by atoms with Crippen molar-refractivity contribution in [1.29, 1.82) is 0 Å². The lowest BCUT2D eigenvalue weighted by Gasteiger charge is -2.14. The van der Waals surface area contributed by atoms with Gasteiger partial charge in [-0.3, -0.25) is 9.59 Å². The molecule has 0 aliphatic carbocycles. The number of fused-ring (bicyclic) bond motifs is 1. The fraction of sp³-hybridized carbons (Fsp3) is 0.185. The zero-order valence-electron chi connectivity index (χ0n) is 19.2. The maximum absolute atomic E-state index is 13.8. The number of nitrogens with one attached hydrogen (secondary N) is 1. The van der Waals surface area contributed by atoms with Gasteiger partial charge >= 0.3 is 6.18 Å². The van der Waals surface area contributed by atoms with Crippen LogP contribution >= 0.6 is 0 Å². The average molecular weight is 497 g/mol. The van der Waals surface area contributed by atoms with Crippen LogP contribution in [0.3, 0.4) is 0 Å². The molecule has 0 fully saturated rings. The summed E-state index contributed by atoms with van der Waals surface area (Å²) in [6, 6.07) is 19.1. The van der Waals surface area contributed by atoms with Crippen molar-refractivity contribution in [3.05, 3.63) is 94.3 Å². The summed E-state index contributed by atoms with van der Waals surface area (Å²) >= 11 is 0. The predicted octanol–water partition coefficient (Wildman–Crippen LogP) is 5.23. The molecule has 0 radical (unpaired) electrons. The van der Waals surface area contributed by atoms with E-state index in [1.807, 2.05) is 30.3 Å². The smallest absolute Gasteiger partial charge is 0.450 e. The number of carbonyl (C=O) groups excluding carboxylic acids is 1. The molecule has 4 aromatic rings. The van der Waals surface area contributed by atoms with Crippen molar-refractivity contribution in [2.75, 3.05) is 20.3 Å². The first-order chi connectivity index (χ1) is 17.3. The third-order valence-electron chi connectivity index (χ3n) is 5.45. The van der Waals surface area contributed by atoms with Gasteiger partial charge in [-0.05, 0) is 41.8 Å². The minimum absolute atomic E-state index is 0.0475. The molecule has 0 atom stereocenters. The number of rotatable bonds is 8. The van der Waals surface area contributed by atoms with E-state index >= 15 is 0 Å².